The van der Waals surface area contributed by atoms with Gasteiger partial charge in [0.25, 0.3) is 5.91 Å². The Bertz CT molecular complexity index is 293. The van der Waals surface area contributed by atoms with Gasteiger partial charge in [-0.25, -0.2) is 5.48 Å². The molecule has 1 rings (SSSR count). The Labute approximate surface area is 77.4 Å². The van der Waals surface area contributed by atoms with Gasteiger partial charge in [-0.3, -0.25) is 10.0 Å². The zero-order chi connectivity index (χ0) is 9.90. The highest BCUT2D eigenvalue weighted by atomic mass is 16.5. The van der Waals surface area contributed by atoms with Crippen molar-refractivity contribution in [3.63, 3.8) is 0 Å². The monoisotopic (exact) mass is 179 g/mol. The van der Waals surface area contributed by atoms with E-state index in [2.05, 4.69) is 0 Å². The van der Waals surface area contributed by atoms with Crippen molar-refractivity contribution in [2.75, 3.05) is 0 Å². The van der Waals surface area contributed by atoms with Crippen LogP contribution in [-0.4, -0.2) is 11.1 Å². The molecule has 13 heavy (non-hydrogen) atoms. The first-order valence-corrected chi connectivity index (χ1v) is 4.09. The Morgan fingerprint density at radius 3 is 2.31 bits per heavy atom. The smallest absolute Gasteiger partial charge is 0.253 e. The van der Waals surface area contributed by atoms with Gasteiger partial charge in [-0.2, -0.15) is 0 Å². The van der Waals surface area contributed by atoms with Crippen LogP contribution < -0.4 is 5.48 Å². The summed E-state index contributed by atoms with van der Waals surface area (Å²) in [6.07, 6.45) is 0. The van der Waals surface area contributed by atoms with Crippen molar-refractivity contribution < 1.29 is 10.0 Å². The third-order valence-electron chi connectivity index (χ3n) is 2.16. The maximum atomic E-state index is 11.3. The van der Waals surface area contributed by atoms with Gasteiger partial charge in [-0.15, -0.1) is 0 Å². The Morgan fingerprint density at radius 2 is 1.85 bits per heavy atom. The van der Waals surface area contributed by atoms with Crippen molar-refractivity contribution >= 4 is 5.91 Å². The highest BCUT2D eigenvalue weighted by molar-refractivity contribution is 5.86. The molecule has 1 aromatic carbocycles. The van der Waals surface area contributed by atoms with Gasteiger partial charge in [0.1, 0.15) is 0 Å². The number of hydroxylamine groups is 1. The zero-order valence-corrected chi connectivity index (χ0v) is 7.74. The Kier molecular flexibility index (Phi) is 2.68. The molecule has 3 nitrogen and oxygen atoms in total. The highest BCUT2D eigenvalue weighted by Gasteiger charge is 2.28. The number of benzene rings is 1. The largest absolute Gasteiger partial charge is 0.289 e. The van der Waals surface area contributed by atoms with Gasteiger partial charge in [0.2, 0.25) is 0 Å². The minimum absolute atomic E-state index is 0.404. The first-order chi connectivity index (χ1) is 6.09. The maximum absolute atomic E-state index is 11.3. The van der Waals surface area contributed by atoms with Crippen LogP contribution in [-0.2, 0) is 10.2 Å². The van der Waals surface area contributed by atoms with E-state index < -0.39 is 11.3 Å². The van der Waals surface area contributed by atoms with Crippen LogP contribution in [0.15, 0.2) is 30.3 Å². The van der Waals surface area contributed by atoms with Crippen molar-refractivity contribution in [2.45, 2.75) is 19.3 Å². The van der Waals surface area contributed by atoms with E-state index >= 15 is 0 Å². The zero-order valence-electron chi connectivity index (χ0n) is 7.74. The number of hydrogen-bond acceptors (Lipinski definition) is 2. The van der Waals surface area contributed by atoms with Gasteiger partial charge in [-0.05, 0) is 19.4 Å². The normalized spacial score (nSPS) is 11.0. The lowest BCUT2D eigenvalue weighted by atomic mass is 9.84. The molecule has 3 heteroatoms. The molecule has 0 aliphatic rings. The van der Waals surface area contributed by atoms with Crippen molar-refractivity contribution in [1.29, 1.82) is 0 Å². The second-order valence-corrected chi connectivity index (χ2v) is 3.43. The van der Waals surface area contributed by atoms with Crippen molar-refractivity contribution in [1.82, 2.24) is 5.48 Å². The molecule has 0 aromatic heterocycles. The van der Waals surface area contributed by atoms with E-state index in [0.717, 1.165) is 5.56 Å². The molecule has 0 unspecified atom stereocenters. The summed E-state index contributed by atoms with van der Waals surface area (Å²) in [4.78, 5) is 11.3. The predicted octanol–water partition coefficient (Wildman–Crippen LogP) is 1.47. The van der Waals surface area contributed by atoms with Crippen LogP contribution in [0.2, 0.25) is 0 Å². The Morgan fingerprint density at radius 1 is 1.31 bits per heavy atom. The van der Waals surface area contributed by atoms with Crippen LogP contribution in [0, 0.1) is 0 Å². The molecular weight excluding hydrogens is 166 g/mol. The summed E-state index contributed by atoms with van der Waals surface area (Å²) >= 11 is 0. The van der Waals surface area contributed by atoms with E-state index in [1.165, 1.54) is 0 Å². The molecule has 0 heterocycles. The standard InChI is InChI=1S/C10H13NO2/c1-10(2,9(12)11-13)8-6-4-3-5-7-8/h3-7,13H,1-2H3,(H,11,12). The quantitative estimate of drug-likeness (QED) is 0.533. The van der Waals surface area contributed by atoms with E-state index in [4.69, 9.17) is 5.21 Å². The lowest BCUT2D eigenvalue weighted by Crippen LogP contribution is -2.38. The summed E-state index contributed by atoms with van der Waals surface area (Å²) in [6, 6.07) is 9.32. The van der Waals surface area contributed by atoms with Crippen LogP contribution >= 0.6 is 0 Å². The van der Waals surface area contributed by atoms with Crippen LogP contribution in [0.1, 0.15) is 19.4 Å². The molecular formula is C10H13NO2. The second kappa shape index (κ2) is 3.58. The third-order valence-corrected chi connectivity index (χ3v) is 2.16. The maximum Gasteiger partial charge on any atom is 0.253 e. The SMILES string of the molecule is CC(C)(C(=O)NO)c1ccccc1. The number of nitrogens with one attached hydrogen (secondary N) is 1. The van der Waals surface area contributed by atoms with E-state index in [-0.39, 0.29) is 0 Å². The van der Waals surface area contributed by atoms with Gasteiger partial charge in [0.05, 0.1) is 5.41 Å². The van der Waals surface area contributed by atoms with E-state index in [1.807, 2.05) is 30.3 Å². The molecule has 0 atom stereocenters. The number of amides is 1. The summed E-state index contributed by atoms with van der Waals surface area (Å²) in [5.74, 6) is -0.404. The first kappa shape index (κ1) is 9.74. The first-order valence-electron chi connectivity index (χ1n) is 4.09. The Hall–Kier alpha value is -1.35. The summed E-state index contributed by atoms with van der Waals surface area (Å²) in [5, 5.41) is 8.53. The molecule has 0 spiro atoms. The van der Waals surface area contributed by atoms with Gasteiger partial charge in [0, 0.05) is 0 Å². The molecule has 0 fully saturated rings. The Balaban J connectivity index is 3.00. The number of rotatable bonds is 2. The number of carbonyl (C=O) groups excluding carboxylic acids is 1. The van der Waals surface area contributed by atoms with Crippen molar-refractivity contribution in [2.24, 2.45) is 0 Å². The van der Waals surface area contributed by atoms with Crippen molar-refractivity contribution in [3.8, 4) is 0 Å². The van der Waals surface area contributed by atoms with Gasteiger partial charge in [-0.1, -0.05) is 30.3 Å². The lowest BCUT2D eigenvalue weighted by Gasteiger charge is -2.21. The van der Waals surface area contributed by atoms with Gasteiger partial charge >= 0.3 is 0 Å². The fourth-order valence-electron chi connectivity index (χ4n) is 1.13. The fourth-order valence-corrected chi connectivity index (χ4v) is 1.13. The van der Waals surface area contributed by atoms with Crippen LogP contribution in [0.4, 0.5) is 0 Å². The van der Waals surface area contributed by atoms with Gasteiger partial charge < -0.3 is 0 Å². The topological polar surface area (TPSA) is 49.3 Å². The molecule has 0 saturated carbocycles. The number of carbonyl (C=O) groups is 1. The molecule has 70 valence electrons. The molecule has 0 aliphatic carbocycles. The fraction of sp³-hybridized carbons (Fsp3) is 0.300. The molecule has 0 radical (unpaired) electrons. The molecule has 0 aliphatic heterocycles. The molecule has 0 saturated heterocycles. The summed E-state index contributed by atoms with van der Waals surface area (Å²) in [5.41, 5.74) is 1.84. The lowest BCUT2D eigenvalue weighted by molar-refractivity contribution is -0.134. The molecule has 2 N–H and O–H groups in total. The predicted molar refractivity (Wildman–Crippen MR) is 49.4 cm³/mol. The average molecular weight is 179 g/mol. The van der Waals surface area contributed by atoms with Gasteiger partial charge in [0.15, 0.2) is 0 Å². The number of hydrogen-bond donors (Lipinski definition) is 2. The van der Waals surface area contributed by atoms with E-state index in [9.17, 15) is 4.79 Å². The van der Waals surface area contributed by atoms with Crippen LogP contribution in [0.5, 0.6) is 0 Å². The summed E-state index contributed by atoms with van der Waals surface area (Å²) in [6.45, 7) is 3.52. The minimum Gasteiger partial charge on any atom is -0.289 e. The summed E-state index contributed by atoms with van der Waals surface area (Å²) in [7, 11) is 0. The van der Waals surface area contributed by atoms with E-state index in [1.54, 1.807) is 19.3 Å². The van der Waals surface area contributed by atoms with Crippen LogP contribution in [0.25, 0.3) is 0 Å². The molecule has 0 bridgehead atoms. The molecule has 1 amide bonds. The van der Waals surface area contributed by atoms with Crippen molar-refractivity contribution in [3.05, 3.63) is 35.9 Å². The highest BCUT2D eigenvalue weighted by Crippen LogP contribution is 2.22. The average Bonchev–Trinajstić information content (AvgIpc) is 2.18. The summed E-state index contributed by atoms with van der Waals surface area (Å²) < 4.78 is 0. The van der Waals surface area contributed by atoms with E-state index in [0.29, 0.717) is 0 Å². The van der Waals surface area contributed by atoms with Crippen LogP contribution in [0.3, 0.4) is 0 Å². The second-order valence-electron chi connectivity index (χ2n) is 3.43. The molecule has 1 aromatic rings. The minimum atomic E-state index is -0.698. The third kappa shape index (κ3) is 1.87.